The first-order valence-corrected chi connectivity index (χ1v) is 4.11. The molecule has 0 radical (unpaired) electrons. The number of esters is 1. The van der Waals surface area contributed by atoms with Gasteiger partial charge >= 0.3 is 5.97 Å². The summed E-state index contributed by atoms with van der Waals surface area (Å²) >= 11 is 0. The molecule has 0 unspecified atom stereocenters. The maximum Gasteiger partial charge on any atom is 0.384 e. The molecule has 0 aliphatic rings. The molecule has 0 fully saturated rings. The molecular formula is C10H14O3. The van der Waals surface area contributed by atoms with E-state index in [4.69, 9.17) is 0 Å². The number of rotatable bonds is 1. The highest BCUT2D eigenvalue weighted by Gasteiger charge is 2.18. The SMILES string of the molecule is CCOC(=O)C#CC(=O)C(C)(C)C. The van der Waals surface area contributed by atoms with Gasteiger partial charge in [0.25, 0.3) is 0 Å². The molecule has 0 aliphatic heterocycles. The van der Waals surface area contributed by atoms with Crippen LogP contribution in [0.25, 0.3) is 0 Å². The highest BCUT2D eigenvalue weighted by atomic mass is 16.5. The molecule has 0 saturated heterocycles. The van der Waals surface area contributed by atoms with Crippen LogP contribution in [-0.2, 0) is 14.3 Å². The van der Waals surface area contributed by atoms with Crippen molar-refractivity contribution in [3.8, 4) is 11.8 Å². The average molecular weight is 182 g/mol. The second-order valence-electron chi connectivity index (χ2n) is 3.55. The van der Waals surface area contributed by atoms with Gasteiger partial charge < -0.3 is 4.74 Å². The molecule has 0 spiro atoms. The van der Waals surface area contributed by atoms with Crippen LogP contribution in [0, 0.1) is 17.3 Å². The molecule has 0 aromatic rings. The van der Waals surface area contributed by atoms with E-state index in [1.807, 2.05) is 0 Å². The van der Waals surface area contributed by atoms with E-state index in [1.165, 1.54) is 0 Å². The topological polar surface area (TPSA) is 43.4 Å². The summed E-state index contributed by atoms with van der Waals surface area (Å²) < 4.78 is 4.54. The van der Waals surface area contributed by atoms with E-state index in [9.17, 15) is 9.59 Å². The first kappa shape index (κ1) is 11.7. The smallest absolute Gasteiger partial charge is 0.384 e. The van der Waals surface area contributed by atoms with Crippen LogP contribution in [0.3, 0.4) is 0 Å². The van der Waals surface area contributed by atoms with Crippen molar-refractivity contribution in [2.45, 2.75) is 27.7 Å². The van der Waals surface area contributed by atoms with Gasteiger partial charge in [-0.3, -0.25) is 4.79 Å². The van der Waals surface area contributed by atoms with Crippen molar-refractivity contribution in [2.24, 2.45) is 5.41 Å². The molecule has 13 heavy (non-hydrogen) atoms. The Morgan fingerprint density at radius 2 is 1.77 bits per heavy atom. The van der Waals surface area contributed by atoms with Crippen LogP contribution >= 0.6 is 0 Å². The molecule has 0 bridgehead atoms. The Morgan fingerprint density at radius 3 is 2.15 bits per heavy atom. The maximum absolute atomic E-state index is 11.2. The zero-order chi connectivity index (χ0) is 10.5. The fourth-order valence-electron chi connectivity index (χ4n) is 0.462. The van der Waals surface area contributed by atoms with Gasteiger partial charge in [-0.05, 0) is 12.8 Å². The molecule has 0 rings (SSSR count). The average Bonchev–Trinajstić information content (AvgIpc) is 1.99. The Bertz CT molecular complexity index is 260. The van der Waals surface area contributed by atoms with Crippen LogP contribution in [0.1, 0.15) is 27.7 Å². The molecule has 0 atom stereocenters. The molecule has 0 aromatic heterocycles. The number of ether oxygens (including phenoxy) is 1. The minimum atomic E-state index is -0.653. The Kier molecular flexibility index (Phi) is 4.19. The molecule has 0 saturated carbocycles. The highest BCUT2D eigenvalue weighted by Crippen LogP contribution is 2.13. The summed E-state index contributed by atoms with van der Waals surface area (Å²) in [6.07, 6.45) is 0. The second-order valence-corrected chi connectivity index (χ2v) is 3.55. The molecule has 0 amide bonds. The van der Waals surface area contributed by atoms with Crippen molar-refractivity contribution >= 4 is 11.8 Å². The van der Waals surface area contributed by atoms with Crippen molar-refractivity contribution in [3.05, 3.63) is 0 Å². The summed E-state index contributed by atoms with van der Waals surface area (Å²) in [5.41, 5.74) is -0.528. The fraction of sp³-hybridized carbons (Fsp3) is 0.600. The van der Waals surface area contributed by atoms with Crippen molar-refractivity contribution in [1.82, 2.24) is 0 Å². The molecule has 0 aromatic carbocycles. The molecule has 0 N–H and O–H groups in total. The van der Waals surface area contributed by atoms with Crippen LogP contribution < -0.4 is 0 Å². The second kappa shape index (κ2) is 4.66. The summed E-state index contributed by atoms with van der Waals surface area (Å²) in [5.74, 6) is 3.46. The molecule has 72 valence electrons. The molecule has 0 heterocycles. The van der Waals surface area contributed by atoms with Gasteiger partial charge in [0.1, 0.15) is 0 Å². The Balaban J connectivity index is 4.27. The van der Waals surface area contributed by atoms with E-state index in [-0.39, 0.29) is 12.4 Å². The van der Waals surface area contributed by atoms with E-state index < -0.39 is 11.4 Å². The summed E-state index contributed by atoms with van der Waals surface area (Å²) in [6, 6.07) is 0. The third kappa shape index (κ3) is 5.02. The summed E-state index contributed by atoms with van der Waals surface area (Å²) in [6.45, 7) is 7.20. The van der Waals surface area contributed by atoms with Gasteiger partial charge in [-0.15, -0.1) is 0 Å². The third-order valence-electron chi connectivity index (χ3n) is 1.23. The zero-order valence-corrected chi connectivity index (χ0v) is 8.43. The van der Waals surface area contributed by atoms with Gasteiger partial charge in [-0.25, -0.2) is 4.79 Å². The number of carbonyl (C=O) groups is 2. The van der Waals surface area contributed by atoms with Crippen LogP contribution in [0.4, 0.5) is 0 Å². The molecule has 3 nitrogen and oxygen atoms in total. The van der Waals surface area contributed by atoms with Crippen molar-refractivity contribution in [3.63, 3.8) is 0 Å². The van der Waals surface area contributed by atoms with Gasteiger partial charge in [0.15, 0.2) is 0 Å². The minimum absolute atomic E-state index is 0.263. The third-order valence-corrected chi connectivity index (χ3v) is 1.23. The van der Waals surface area contributed by atoms with Crippen LogP contribution in [-0.4, -0.2) is 18.4 Å². The lowest BCUT2D eigenvalue weighted by molar-refractivity contribution is -0.136. The zero-order valence-electron chi connectivity index (χ0n) is 8.43. The Hall–Kier alpha value is -1.30. The van der Waals surface area contributed by atoms with Crippen molar-refractivity contribution < 1.29 is 14.3 Å². The lowest BCUT2D eigenvalue weighted by Gasteiger charge is -2.10. The number of hydrogen-bond donors (Lipinski definition) is 0. The lowest BCUT2D eigenvalue weighted by atomic mass is 9.91. The molecule has 3 heteroatoms. The normalized spacial score (nSPS) is 9.85. The quantitative estimate of drug-likeness (QED) is 0.264. The number of carbonyl (C=O) groups excluding carboxylic acids is 2. The van der Waals surface area contributed by atoms with E-state index in [1.54, 1.807) is 27.7 Å². The van der Waals surface area contributed by atoms with Crippen molar-refractivity contribution in [2.75, 3.05) is 6.61 Å². The van der Waals surface area contributed by atoms with Crippen LogP contribution in [0.15, 0.2) is 0 Å². The minimum Gasteiger partial charge on any atom is -0.456 e. The van der Waals surface area contributed by atoms with E-state index in [0.29, 0.717) is 0 Å². The van der Waals surface area contributed by atoms with Crippen molar-refractivity contribution in [1.29, 1.82) is 0 Å². The van der Waals surface area contributed by atoms with E-state index >= 15 is 0 Å². The summed E-state index contributed by atoms with van der Waals surface area (Å²) in [4.78, 5) is 21.9. The standard InChI is InChI=1S/C10H14O3/c1-5-13-9(12)7-6-8(11)10(2,3)4/h5H2,1-4H3. The number of ketones is 1. The van der Waals surface area contributed by atoms with Gasteiger partial charge in [-0.1, -0.05) is 20.8 Å². The first-order valence-electron chi connectivity index (χ1n) is 4.11. The maximum atomic E-state index is 11.2. The number of hydrogen-bond acceptors (Lipinski definition) is 3. The fourth-order valence-corrected chi connectivity index (χ4v) is 0.462. The van der Waals surface area contributed by atoms with Crippen LogP contribution in [0.2, 0.25) is 0 Å². The highest BCUT2D eigenvalue weighted by molar-refractivity contribution is 6.04. The summed E-state index contributed by atoms with van der Waals surface area (Å²) in [5, 5.41) is 0. The van der Waals surface area contributed by atoms with Crippen LogP contribution in [0.5, 0.6) is 0 Å². The largest absolute Gasteiger partial charge is 0.456 e. The first-order chi connectivity index (χ1) is 5.88. The predicted molar refractivity (Wildman–Crippen MR) is 48.9 cm³/mol. The lowest BCUT2D eigenvalue weighted by Crippen LogP contribution is -2.18. The molecule has 0 aliphatic carbocycles. The van der Waals surface area contributed by atoms with Gasteiger partial charge in [0.05, 0.1) is 6.61 Å². The predicted octanol–water partition coefficient (Wildman–Crippen LogP) is 1.17. The van der Waals surface area contributed by atoms with Gasteiger partial charge in [0.2, 0.25) is 5.78 Å². The Morgan fingerprint density at radius 1 is 1.23 bits per heavy atom. The van der Waals surface area contributed by atoms with E-state index in [2.05, 4.69) is 16.6 Å². The van der Waals surface area contributed by atoms with E-state index in [0.717, 1.165) is 0 Å². The monoisotopic (exact) mass is 182 g/mol. The van der Waals surface area contributed by atoms with Gasteiger partial charge in [0, 0.05) is 11.3 Å². The molecular weight excluding hydrogens is 168 g/mol. The van der Waals surface area contributed by atoms with Gasteiger partial charge in [-0.2, -0.15) is 0 Å². The Labute approximate surface area is 78.5 Å². The summed E-state index contributed by atoms with van der Waals surface area (Å²) in [7, 11) is 0. The number of Topliss-reactive ketones (excluding diaryl/α,β-unsaturated/α-hetero) is 1.